The highest BCUT2D eigenvalue weighted by atomic mass is 16.5. The fourth-order valence-electron chi connectivity index (χ4n) is 1.47. The lowest BCUT2D eigenvalue weighted by molar-refractivity contribution is 0.279. The number of ether oxygens (including phenoxy) is 2. The normalized spacial score (nSPS) is 9.95. The second-order valence-corrected chi connectivity index (χ2v) is 3.78. The van der Waals surface area contributed by atoms with Crippen molar-refractivity contribution >= 4 is 5.84 Å². The van der Waals surface area contributed by atoms with Crippen LogP contribution in [0.5, 0.6) is 11.8 Å². The fourth-order valence-corrected chi connectivity index (χ4v) is 1.47. The van der Waals surface area contributed by atoms with Gasteiger partial charge in [0.15, 0.2) is 0 Å². The minimum Gasteiger partial charge on any atom is -0.497 e. The Labute approximate surface area is 110 Å². The van der Waals surface area contributed by atoms with E-state index >= 15 is 0 Å². The van der Waals surface area contributed by atoms with Crippen LogP contribution in [0.2, 0.25) is 0 Å². The summed E-state index contributed by atoms with van der Waals surface area (Å²) >= 11 is 0. The Bertz CT molecular complexity index is 586. The topological polar surface area (TPSA) is 94.1 Å². The van der Waals surface area contributed by atoms with Crippen molar-refractivity contribution in [2.75, 3.05) is 7.11 Å². The molecule has 0 amide bonds. The van der Waals surface area contributed by atoms with Gasteiger partial charge < -0.3 is 15.2 Å². The van der Waals surface area contributed by atoms with Crippen LogP contribution in [0.25, 0.3) is 0 Å². The van der Waals surface area contributed by atoms with Gasteiger partial charge in [0.25, 0.3) is 0 Å². The average Bonchev–Trinajstić information content (AvgIpc) is 2.45. The van der Waals surface area contributed by atoms with Crippen LogP contribution >= 0.6 is 0 Å². The quantitative estimate of drug-likeness (QED) is 0.623. The van der Waals surface area contributed by atoms with E-state index in [-0.39, 0.29) is 11.8 Å². The van der Waals surface area contributed by atoms with Crippen molar-refractivity contribution in [1.29, 1.82) is 5.41 Å². The Morgan fingerprint density at radius 2 is 2.21 bits per heavy atom. The molecule has 0 unspecified atom stereocenters. The lowest BCUT2D eigenvalue weighted by atomic mass is 10.2. The Balaban J connectivity index is 2.05. The third-order valence-corrected chi connectivity index (χ3v) is 2.41. The number of nitrogens with two attached hydrogens (primary N) is 1. The summed E-state index contributed by atoms with van der Waals surface area (Å²) in [6, 6.07) is 9.27. The summed E-state index contributed by atoms with van der Waals surface area (Å²) in [5.41, 5.74) is 6.63. The molecule has 1 heterocycles. The van der Waals surface area contributed by atoms with Crippen molar-refractivity contribution < 1.29 is 9.47 Å². The van der Waals surface area contributed by atoms with E-state index in [1.807, 2.05) is 24.3 Å². The van der Waals surface area contributed by atoms with Crippen LogP contribution in [0.15, 0.2) is 36.5 Å². The van der Waals surface area contributed by atoms with Crippen LogP contribution in [0.3, 0.4) is 0 Å². The highest BCUT2D eigenvalue weighted by Crippen LogP contribution is 2.14. The van der Waals surface area contributed by atoms with Crippen molar-refractivity contribution in [1.82, 2.24) is 9.97 Å². The zero-order valence-corrected chi connectivity index (χ0v) is 10.5. The molecule has 6 heteroatoms. The number of nitrogens with zero attached hydrogens (tertiary/aromatic N) is 2. The predicted octanol–water partition coefficient (Wildman–Crippen LogP) is 1.35. The molecule has 0 saturated carbocycles. The molecule has 0 aliphatic heterocycles. The van der Waals surface area contributed by atoms with Crippen LogP contribution < -0.4 is 15.2 Å². The van der Waals surface area contributed by atoms with Crippen molar-refractivity contribution in [3.8, 4) is 11.8 Å². The molecule has 1 aromatic carbocycles. The number of amidine groups is 1. The summed E-state index contributed by atoms with van der Waals surface area (Å²) < 4.78 is 10.6. The fraction of sp³-hybridized carbons (Fsp3) is 0.154. The second kappa shape index (κ2) is 5.81. The van der Waals surface area contributed by atoms with E-state index in [0.717, 1.165) is 11.3 Å². The zero-order valence-electron chi connectivity index (χ0n) is 10.5. The van der Waals surface area contributed by atoms with Gasteiger partial charge in [-0.25, -0.2) is 4.98 Å². The maximum absolute atomic E-state index is 7.30. The number of methoxy groups -OCH3 is 1. The molecular formula is C13H14N4O2. The van der Waals surface area contributed by atoms with E-state index in [0.29, 0.717) is 12.3 Å². The molecule has 0 spiro atoms. The first-order valence-corrected chi connectivity index (χ1v) is 5.62. The molecule has 2 rings (SSSR count). The highest BCUT2D eigenvalue weighted by molar-refractivity contribution is 5.92. The number of nitrogen functional groups attached to an aromatic ring is 1. The molecule has 0 saturated heterocycles. The van der Waals surface area contributed by atoms with Gasteiger partial charge in [-0.15, -0.1) is 0 Å². The van der Waals surface area contributed by atoms with Gasteiger partial charge >= 0.3 is 6.01 Å². The lowest BCUT2D eigenvalue weighted by Gasteiger charge is -2.06. The first kappa shape index (κ1) is 12.8. The number of benzene rings is 1. The third kappa shape index (κ3) is 3.41. The van der Waals surface area contributed by atoms with Gasteiger partial charge in [0.1, 0.15) is 23.9 Å². The summed E-state index contributed by atoms with van der Waals surface area (Å²) in [5.74, 6) is 0.646. The molecule has 98 valence electrons. The Hall–Kier alpha value is -2.63. The molecule has 3 N–H and O–H groups in total. The maximum Gasteiger partial charge on any atom is 0.317 e. The molecular weight excluding hydrogens is 244 g/mol. The van der Waals surface area contributed by atoms with Crippen molar-refractivity contribution in [2.24, 2.45) is 5.73 Å². The van der Waals surface area contributed by atoms with Crippen molar-refractivity contribution in [2.45, 2.75) is 6.61 Å². The van der Waals surface area contributed by atoms with Gasteiger partial charge in [-0.2, -0.15) is 4.98 Å². The SMILES string of the molecule is COc1cccc(COc2nccc(C(=N)N)n2)c1. The number of hydrogen-bond acceptors (Lipinski definition) is 5. The van der Waals surface area contributed by atoms with E-state index < -0.39 is 0 Å². The minimum absolute atomic E-state index is 0.117. The first-order chi connectivity index (χ1) is 9.19. The van der Waals surface area contributed by atoms with Crippen molar-refractivity contribution in [3.05, 3.63) is 47.8 Å². The third-order valence-electron chi connectivity index (χ3n) is 2.41. The summed E-state index contributed by atoms with van der Waals surface area (Å²) in [5, 5.41) is 7.30. The highest BCUT2D eigenvalue weighted by Gasteiger charge is 2.03. The molecule has 0 aliphatic rings. The molecule has 0 radical (unpaired) electrons. The number of hydrogen-bond donors (Lipinski definition) is 2. The van der Waals surface area contributed by atoms with E-state index in [9.17, 15) is 0 Å². The largest absolute Gasteiger partial charge is 0.497 e. The van der Waals surface area contributed by atoms with Gasteiger partial charge in [-0.1, -0.05) is 12.1 Å². The number of nitrogens with one attached hydrogen (secondary N) is 1. The van der Waals surface area contributed by atoms with Gasteiger partial charge in [0.05, 0.1) is 7.11 Å². The smallest absolute Gasteiger partial charge is 0.317 e. The standard InChI is InChI=1S/C13H14N4O2/c1-18-10-4-2-3-9(7-10)8-19-13-16-6-5-11(17-13)12(14)15/h2-7H,8H2,1H3,(H3,14,15). The Morgan fingerprint density at radius 3 is 2.95 bits per heavy atom. The van der Waals surface area contributed by atoms with Crippen LogP contribution in [0.1, 0.15) is 11.3 Å². The van der Waals surface area contributed by atoms with Crippen LogP contribution in [-0.4, -0.2) is 22.9 Å². The van der Waals surface area contributed by atoms with Crippen LogP contribution in [0, 0.1) is 5.41 Å². The Morgan fingerprint density at radius 1 is 1.37 bits per heavy atom. The summed E-state index contributed by atoms with van der Waals surface area (Å²) in [4.78, 5) is 7.98. The zero-order chi connectivity index (χ0) is 13.7. The molecule has 0 aliphatic carbocycles. The van der Waals surface area contributed by atoms with E-state index in [2.05, 4.69) is 9.97 Å². The van der Waals surface area contributed by atoms with Crippen LogP contribution in [0.4, 0.5) is 0 Å². The Kier molecular flexibility index (Phi) is 3.92. The molecule has 6 nitrogen and oxygen atoms in total. The average molecular weight is 258 g/mol. The molecule has 0 fully saturated rings. The van der Waals surface area contributed by atoms with E-state index in [1.54, 1.807) is 13.2 Å². The second-order valence-electron chi connectivity index (χ2n) is 3.78. The number of aromatic nitrogens is 2. The summed E-state index contributed by atoms with van der Waals surface area (Å²) in [7, 11) is 1.61. The van der Waals surface area contributed by atoms with Gasteiger partial charge in [-0.05, 0) is 23.8 Å². The van der Waals surface area contributed by atoms with Crippen LogP contribution in [-0.2, 0) is 6.61 Å². The molecule has 1 aromatic heterocycles. The minimum atomic E-state index is -0.117. The van der Waals surface area contributed by atoms with E-state index in [4.69, 9.17) is 20.6 Å². The molecule has 2 aromatic rings. The molecule has 0 atom stereocenters. The summed E-state index contributed by atoms with van der Waals surface area (Å²) in [6.45, 7) is 0.318. The van der Waals surface area contributed by atoms with Gasteiger partial charge in [0, 0.05) is 6.20 Å². The first-order valence-electron chi connectivity index (χ1n) is 5.62. The van der Waals surface area contributed by atoms with Gasteiger partial charge in [-0.3, -0.25) is 5.41 Å². The number of rotatable bonds is 5. The molecule has 0 bridgehead atoms. The molecule has 19 heavy (non-hydrogen) atoms. The maximum atomic E-state index is 7.30. The van der Waals surface area contributed by atoms with E-state index in [1.165, 1.54) is 6.20 Å². The predicted molar refractivity (Wildman–Crippen MR) is 70.4 cm³/mol. The summed E-state index contributed by atoms with van der Waals surface area (Å²) in [6.07, 6.45) is 1.50. The van der Waals surface area contributed by atoms with Gasteiger partial charge in [0.2, 0.25) is 0 Å². The van der Waals surface area contributed by atoms with Crippen molar-refractivity contribution in [3.63, 3.8) is 0 Å². The monoisotopic (exact) mass is 258 g/mol. The lowest BCUT2D eigenvalue weighted by Crippen LogP contribution is -2.14.